The lowest BCUT2D eigenvalue weighted by Crippen LogP contribution is -2.33. The van der Waals surface area contributed by atoms with E-state index in [2.05, 4.69) is 16.8 Å². The van der Waals surface area contributed by atoms with Gasteiger partial charge in [-0.2, -0.15) is 0 Å². The van der Waals surface area contributed by atoms with Crippen molar-refractivity contribution in [3.63, 3.8) is 0 Å². The molecule has 1 aliphatic carbocycles. The molecule has 1 heterocycles. The van der Waals surface area contributed by atoms with Crippen LogP contribution in [0, 0.1) is 11.8 Å². The van der Waals surface area contributed by atoms with Gasteiger partial charge in [-0.25, -0.2) is 4.98 Å². The fourth-order valence-corrected chi connectivity index (χ4v) is 3.72. The second-order valence-electron chi connectivity index (χ2n) is 6.54. The Morgan fingerprint density at radius 3 is 2.85 bits per heavy atom. The predicted octanol–water partition coefficient (Wildman–Crippen LogP) is 3.93. The van der Waals surface area contributed by atoms with Crippen LogP contribution in [0.4, 0.5) is 0 Å². The van der Waals surface area contributed by atoms with Crippen molar-refractivity contribution in [1.82, 2.24) is 4.98 Å². The Labute approximate surface area is 162 Å². The summed E-state index contributed by atoms with van der Waals surface area (Å²) in [4.78, 5) is 15.8. The van der Waals surface area contributed by atoms with E-state index >= 15 is 0 Å². The normalized spacial score (nSPS) is 22.3. The van der Waals surface area contributed by atoms with Crippen molar-refractivity contribution in [2.45, 2.75) is 37.2 Å². The minimum atomic E-state index is -1.15. The van der Waals surface area contributed by atoms with Crippen LogP contribution in [0.25, 0.3) is 0 Å². The van der Waals surface area contributed by atoms with Crippen molar-refractivity contribution in [3.05, 3.63) is 63.4 Å². The third kappa shape index (κ3) is 4.37. The van der Waals surface area contributed by atoms with Crippen LogP contribution in [0.15, 0.2) is 36.5 Å². The summed E-state index contributed by atoms with van der Waals surface area (Å²) in [5, 5.41) is 12.0. The molecule has 1 saturated carbocycles. The quantitative estimate of drug-likeness (QED) is 0.765. The number of halogens is 2. The molecule has 0 radical (unpaired) electrons. The van der Waals surface area contributed by atoms with E-state index in [9.17, 15) is 9.90 Å². The van der Waals surface area contributed by atoms with Gasteiger partial charge in [0.1, 0.15) is 11.3 Å². The number of carbonyl (C=O) groups excluding carboxylic acids is 1. The number of hydrogen-bond acceptors (Lipinski definition) is 3. The summed E-state index contributed by atoms with van der Waals surface area (Å²) in [5.41, 5.74) is 5.91. The summed E-state index contributed by atoms with van der Waals surface area (Å²) in [6.45, 7) is 0. The van der Waals surface area contributed by atoms with Gasteiger partial charge in [-0.3, -0.25) is 4.79 Å². The molecular weight excluding hydrogens is 371 g/mol. The summed E-state index contributed by atoms with van der Waals surface area (Å²) in [7, 11) is 0. The minimum Gasteiger partial charge on any atom is -0.378 e. The number of nitrogens with zero attached hydrogens (tertiary/aromatic N) is 1. The molecule has 3 rings (SSSR count). The van der Waals surface area contributed by atoms with E-state index in [1.165, 1.54) is 6.20 Å². The minimum absolute atomic E-state index is 0.0869. The number of rotatable bonds is 2. The number of amides is 1. The Morgan fingerprint density at radius 2 is 2.12 bits per heavy atom. The molecular formula is C20H18Cl2N2O2. The van der Waals surface area contributed by atoms with E-state index in [4.69, 9.17) is 28.9 Å². The summed E-state index contributed by atoms with van der Waals surface area (Å²) < 4.78 is 0. The molecule has 26 heavy (non-hydrogen) atoms. The van der Waals surface area contributed by atoms with Gasteiger partial charge in [0, 0.05) is 16.8 Å². The number of aromatic nitrogens is 1. The number of pyridine rings is 1. The fraction of sp³-hybridized carbons (Fsp3) is 0.300. The highest BCUT2D eigenvalue weighted by Gasteiger charge is 2.35. The van der Waals surface area contributed by atoms with Gasteiger partial charge < -0.3 is 10.8 Å². The van der Waals surface area contributed by atoms with Crippen LogP contribution in [0.5, 0.6) is 0 Å². The highest BCUT2D eigenvalue weighted by Crippen LogP contribution is 2.40. The molecule has 1 aromatic carbocycles. The van der Waals surface area contributed by atoms with Crippen LogP contribution in [0.1, 0.15) is 53.2 Å². The van der Waals surface area contributed by atoms with Crippen LogP contribution in [0.3, 0.4) is 0 Å². The van der Waals surface area contributed by atoms with Crippen LogP contribution >= 0.6 is 23.2 Å². The maximum absolute atomic E-state index is 11.7. The Hall–Kier alpha value is -2.06. The lowest BCUT2D eigenvalue weighted by Gasteiger charge is -2.33. The number of nitrogens with two attached hydrogens (primary N) is 1. The third-order valence-corrected chi connectivity index (χ3v) is 4.99. The van der Waals surface area contributed by atoms with Crippen molar-refractivity contribution in [2.75, 3.05) is 0 Å². The molecule has 0 saturated heterocycles. The Balaban J connectivity index is 1.88. The van der Waals surface area contributed by atoms with E-state index in [0.717, 1.165) is 18.4 Å². The van der Waals surface area contributed by atoms with E-state index in [0.29, 0.717) is 28.5 Å². The Morgan fingerprint density at radius 1 is 1.31 bits per heavy atom. The maximum Gasteiger partial charge on any atom is 0.267 e. The van der Waals surface area contributed by atoms with Crippen molar-refractivity contribution >= 4 is 29.1 Å². The van der Waals surface area contributed by atoms with Crippen LogP contribution in [-0.2, 0) is 0 Å². The van der Waals surface area contributed by atoms with E-state index < -0.39 is 11.5 Å². The topological polar surface area (TPSA) is 76.2 Å². The highest BCUT2D eigenvalue weighted by molar-refractivity contribution is 6.30. The van der Waals surface area contributed by atoms with E-state index in [-0.39, 0.29) is 11.6 Å². The average Bonchev–Trinajstić information content (AvgIpc) is 2.60. The largest absolute Gasteiger partial charge is 0.378 e. The molecule has 1 fully saturated rings. The van der Waals surface area contributed by atoms with Gasteiger partial charge in [-0.15, -0.1) is 0 Å². The Kier molecular flexibility index (Phi) is 5.52. The second kappa shape index (κ2) is 7.67. The lowest BCUT2D eigenvalue weighted by molar-refractivity contribution is 0.0517. The molecule has 3 N–H and O–H groups in total. The molecule has 1 aromatic heterocycles. The van der Waals surface area contributed by atoms with Crippen LogP contribution in [-0.4, -0.2) is 21.6 Å². The number of benzene rings is 1. The maximum atomic E-state index is 11.7. The monoisotopic (exact) mass is 388 g/mol. The number of aliphatic hydroxyl groups is 1. The van der Waals surface area contributed by atoms with Gasteiger partial charge in [0.25, 0.3) is 5.91 Å². The highest BCUT2D eigenvalue weighted by atomic mass is 35.5. The van der Waals surface area contributed by atoms with Crippen LogP contribution in [0.2, 0.25) is 10.0 Å². The number of primary amides is 1. The SMILES string of the molecule is NC(=O)c1ncc(Cl)cc1[C@@H]1CCC[C@](O)(C#Cc2cccc(Cl)c2)C1. The van der Waals surface area contributed by atoms with Gasteiger partial charge in [-0.05, 0) is 61.4 Å². The van der Waals surface area contributed by atoms with Gasteiger partial charge in [0.15, 0.2) is 0 Å². The average molecular weight is 389 g/mol. The summed E-state index contributed by atoms with van der Waals surface area (Å²) in [6.07, 6.45) is 3.94. The lowest BCUT2D eigenvalue weighted by atomic mass is 9.75. The number of hydrogen-bond donors (Lipinski definition) is 2. The van der Waals surface area contributed by atoms with Gasteiger partial charge in [-0.1, -0.05) is 41.1 Å². The molecule has 4 nitrogen and oxygen atoms in total. The van der Waals surface area contributed by atoms with E-state index in [1.807, 2.05) is 12.1 Å². The van der Waals surface area contributed by atoms with Crippen molar-refractivity contribution in [2.24, 2.45) is 5.73 Å². The molecule has 0 bridgehead atoms. The zero-order chi connectivity index (χ0) is 18.7. The molecule has 0 spiro atoms. The summed E-state index contributed by atoms with van der Waals surface area (Å²) >= 11 is 12.0. The summed E-state index contributed by atoms with van der Waals surface area (Å²) in [5.74, 6) is 5.29. The van der Waals surface area contributed by atoms with Crippen molar-refractivity contribution < 1.29 is 9.90 Å². The molecule has 0 unspecified atom stereocenters. The molecule has 1 amide bonds. The van der Waals surface area contributed by atoms with Crippen molar-refractivity contribution in [3.8, 4) is 11.8 Å². The van der Waals surface area contributed by atoms with Gasteiger partial charge >= 0.3 is 0 Å². The predicted molar refractivity (Wildman–Crippen MR) is 102 cm³/mol. The summed E-state index contributed by atoms with van der Waals surface area (Å²) in [6, 6.07) is 8.89. The number of carbonyl (C=O) groups is 1. The Bertz CT molecular complexity index is 904. The molecule has 2 atom stereocenters. The standard InChI is InChI=1S/C20H18Cl2N2O2/c21-15-5-1-3-13(9-15)6-8-20(26)7-2-4-14(11-20)17-10-16(22)12-24-18(17)19(23)25/h1,3,5,9-10,12,14,26H,2,4,7,11H2,(H2,23,25)/t14-,20+/m1/s1. The molecule has 6 heteroatoms. The van der Waals surface area contributed by atoms with Crippen LogP contribution < -0.4 is 5.73 Å². The van der Waals surface area contributed by atoms with Gasteiger partial charge in [0.05, 0.1) is 5.02 Å². The zero-order valence-corrected chi connectivity index (χ0v) is 15.5. The van der Waals surface area contributed by atoms with Gasteiger partial charge in [0.2, 0.25) is 0 Å². The zero-order valence-electron chi connectivity index (χ0n) is 14.0. The molecule has 134 valence electrons. The first-order chi connectivity index (χ1) is 12.4. The van der Waals surface area contributed by atoms with E-state index in [1.54, 1.807) is 18.2 Å². The first-order valence-electron chi connectivity index (χ1n) is 8.33. The second-order valence-corrected chi connectivity index (χ2v) is 7.41. The third-order valence-electron chi connectivity index (χ3n) is 4.55. The van der Waals surface area contributed by atoms with Crippen molar-refractivity contribution in [1.29, 1.82) is 0 Å². The first kappa shape index (κ1) is 18.7. The smallest absolute Gasteiger partial charge is 0.267 e. The molecule has 2 aromatic rings. The first-order valence-corrected chi connectivity index (χ1v) is 9.08. The molecule has 0 aliphatic heterocycles. The molecule has 1 aliphatic rings. The fourth-order valence-electron chi connectivity index (χ4n) is 3.36.